The Morgan fingerprint density at radius 1 is 1.25 bits per heavy atom. The second kappa shape index (κ2) is 6.35. The van der Waals surface area contributed by atoms with Gasteiger partial charge in [-0.3, -0.25) is 0 Å². The van der Waals surface area contributed by atoms with Crippen molar-refractivity contribution in [1.82, 2.24) is 4.98 Å². The zero-order chi connectivity index (χ0) is 14.5. The van der Waals surface area contributed by atoms with Crippen molar-refractivity contribution in [1.29, 1.82) is 0 Å². The fourth-order valence-corrected chi connectivity index (χ4v) is 2.10. The third-order valence-electron chi connectivity index (χ3n) is 3.07. The molecule has 1 aromatic heterocycles. The summed E-state index contributed by atoms with van der Waals surface area (Å²) < 4.78 is 5.92. The summed E-state index contributed by atoms with van der Waals surface area (Å²) >= 11 is 0. The van der Waals surface area contributed by atoms with E-state index in [-0.39, 0.29) is 6.61 Å². The van der Waals surface area contributed by atoms with Crippen LogP contribution in [0.3, 0.4) is 0 Å². The molecular weight excluding hydrogens is 250 g/mol. The van der Waals surface area contributed by atoms with Crippen molar-refractivity contribution in [2.45, 2.75) is 27.4 Å². The molecule has 0 amide bonds. The molecular formula is C17H19NO2. The van der Waals surface area contributed by atoms with Gasteiger partial charge in [0, 0.05) is 16.8 Å². The highest BCUT2D eigenvalue weighted by Gasteiger charge is 2.11. The summed E-state index contributed by atoms with van der Waals surface area (Å²) in [5.74, 6) is 1.21. The van der Waals surface area contributed by atoms with E-state index < -0.39 is 0 Å². The van der Waals surface area contributed by atoms with Crippen LogP contribution in [0.15, 0.2) is 36.4 Å². The largest absolute Gasteiger partial charge is 0.438 e. The van der Waals surface area contributed by atoms with Crippen molar-refractivity contribution in [3.63, 3.8) is 0 Å². The molecule has 0 saturated carbocycles. The van der Waals surface area contributed by atoms with Crippen LogP contribution in [0.5, 0.6) is 11.6 Å². The molecule has 3 nitrogen and oxygen atoms in total. The van der Waals surface area contributed by atoms with Crippen LogP contribution in [0.25, 0.3) is 6.08 Å². The molecule has 0 fully saturated rings. The molecule has 0 radical (unpaired) electrons. The first-order valence-electron chi connectivity index (χ1n) is 6.63. The second-order valence-corrected chi connectivity index (χ2v) is 4.66. The number of ether oxygens (including phenoxy) is 1. The van der Waals surface area contributed by atoms with Crippen molar-refractivity contribution in [2.75, 3.05) is 0 Å². The number of hydrogen-bond donors (Lipinski definition) is 1. The van der Waals surface area contributed by atoms with Crippen LogP contribution in [0.1, 0.15) is 29.3 Å². The van der Waals surface area contributed by atoms with E-state index in [4.69, 9.17) is 4.74 Å². The van der Waals surface area contributed by atoms with E-state index in [2.05, 4.69) is 4.98 Å². The maximum Gasteiger partial charge on any atom is 0.225 e. The van der Waals surface area contributed by atoms with Gasteiger partial charge in [-0.25, -0.2) is 4.98 Å². The third kappa shape index (κ3) is 3.06. The predicted octanol–water partition coefficient (Wildman–Crippen LogP) is 4.02. The summed E-state index contributed by atoms with van der Waals surface area (Å²) in [6.07, 6.45) is 3.95. The molecule has 104 valence electrons. The van der Waals surface area contributed by atoms with E-state index in [0.717, 1.165) is 28.1 Å². The Morgan fingerprint density at radius 3 is 2.70 bits per heavy atom. The zero-order valence-electron chi connectivity index (χ0n) is 12.1. The number of aromatic nitrogens is 1. The van der Waals surface area contributed by atoms with Gasteiger partial charge in [0.25, 0.3) is 0 Å². The molecule has 1 aromatic carbocycles. The van der Waals surface area contributed by atoms with Crippen LogP contribution < -0.4 is 4.74 Å². The summed E-state index contributed by atoms with van der Waals surface area (Å²) in [7, 11) is 0. The number of para-hydroxylation sites is 1. The van der Waals surface area contributed by atoms with Crippen molar-refractivity contribution in [3.8, 4) is 11.6 Å². The summed E-state index contributed by atoms with van der Waals surface area (Å²) in [6.45, 7) is 5.75. The van der Waals surface area contributed by atoms with Crippen molar-refractivity contribution in [2.24, 2.45) is 0 Å². The summed E-state index contributed by atoms with van der Waals surface area (Å²) in [4.78, 5) is 4.40. The monoisotopic (exact) mass is 269 g/mol. The van der Waals surface area contributed by atoms with Gasteiger partial charge >= 0.3 is 0 Å². The minimum atomic E-state index is -0.0831. The smallest absolute Gasteiger partial charge is 0.225 e. The summed E-state index contributed by atoms with van der Waals surface area (Å²) in [5, 5.41) is 9.51. The van der Waals surface area contributed by atoms with E-state index in [0.29, 0.717) is 5.88 Å². The third-order valence-corrected chi connectivity index (χ3v) is 3.07. The number of nitrogens with zero attached hydrogens (tertiary/aromatic N) is 1. The number of aryl methyl sites for hydroxylation is 2. The van der Waals surface area contributed by atoms with Crippen LogP contribution >= 0.6 is 0 Å². The van der Waals surface area contributed by atoms with Gasteiger partial charge in [0.1, 0.15) is 5.75 Å². The van der Waals surface area contributed by atoms with Gasteiger partial charge in [-0.05, 0) is 38.5 Å². The molecule has 0 aliphatic carbocycles. The number of benzene rings is 1. The molecule has 2 rings (SSSR count). The summed E-state index contributed by atoms with van der Waals surface area (Å²) in [5.41, 5.74) is 3.57. The van der Waals surface area contributed by atoms with Crippen molar-refractivity contribution < 1.29 is 9.84 Å². The molecule has 1 N–H and O–H groups in total. The van der Waals surface area contributed by atoms with Gasteiger partial charge < -0.3 is 9.84 Å². The van der Waals surface area contributed by atoms with Gasteiger partial charge in [-0.15, -0.1) is 0 Å². The number of hydrogen-bond acceptors (Lipinski definition) is 3. The first-order valence-corrected chi connectivity index (χ1v) is 6.63. The molecule has 0 unspecified atom stereocenters. The molecule has 0 bridgehead atoms. The number of rotatable bonds is 4. The molecule has 3 heteroatoms. The average molecular weight is 269 g/mol. The van der Waals surface area contributed by atoms with Crippen LogP contribution in [0, 0.1) is 13.8 Å². The maximum absolute atomic E-state index is 9.51. The van der Waals surface area contributed by atoms with Crippen LogP contribution in [0.4, 0.5) is 0 Å². The summed E-state index contributed by atoms with van der Waals surface area (Å²) in [6, 6.07) is 9.70. The normalized spacial score (nSPS) is 11.0. The van der Waals surface area contributed by atoms with E-state index in [1.807, 2.05) is 63.3 Å². The molecule has 0 aliphatic heterocycles. The highest BCUT2D eigenvalue weighted by molar-refractivity contribution is 5.57. The SMILES string of the molecule is CC=Cc1ccccc1Oc1nc(C)cc(C)c1CO. The van der Waals surface area contributed by atoms with Crippen LogP contribution in [0.2, 0.25) is 0 Å². The Kier molecular flexibility index (Phi) is 4.53. The Labute approximate surface area is 119 Å². The zero-order valence-corrected chi connectivity index (χ0v) is 12.1. The Bertz CT molecular complexity index is 633. The first kappa shape index (κ1) is 14.3. The number of pyridine rings is 1. The van der Waals surface area contributed by atoms with Gasteiger partial charge in [-0.2, -0.15) is 0 Å². The minimum absolute atomic E-state index is 0.0831. The van der Waals surface area contributed by atoms with Gasteiger partial charge in [0.2, 0.25) is 5.88 Å². The molecule has 0 saturated heterocycles. The van der Waals surface area contributed by atoms with Gasteiger partial charge in [-0.1, -0.05) is 30.4 Å². The van der Waals surface area contributed by atoms with Gasteiger partial charge in [0.05, 0.1) is 6.61 Å². The average Bonchev–Trinajstić information content (AvgIpc) is 2.41. The second-order valence-electron chi connectivity index (χ2n) is 4.66. The van der Waals surface area contributed by atoms with E-state index in [1.54, 1.807) is 0 Å². The highest BCUT2D eigenvalue weighted by atomic mass is 16.5. The lowest BCUT2D eigenvalue weighted by Gasteiger charge is -2.13. The molecule has 0 spiro atoms. The number of aliphatic hydroxyl groups is 1. The lowest BCUT2D eigenvalue weighted by atomic mass is 10.1. The first-order chi connectivity index (χ1) is 9.65. The van der Waals surface area contributed by atoms with Crippen molar-refractivity contribution >= 4 is 6.08 Å². The lowest BCUT2D eigenvalue weighted by Crippen LogP contribution is -2.00. The number of aliphatic hydroxyl groups excluding tert-OH is 1. The van der Waals surface area contributed by atoms with Crippen LogP contribution in [-0.2, 0) is 6.61 Å². The standard InChI is InChI=1S/C17H19NO2/c1-4-7-14-8-5-6-9-16(14)20-17-15(11-19)12(2)10-13(3)18-17/h4-10,19H,11H2,1-3H3. The molecule has 1 heterocycles. The highest BCUT2D eigenvalue weighted by Crippen LogP contribution is 2.29. The fraction of sp³-hybridized carbons (Fsp3) is 0.235. The minimum Gasteiger partial charge on any atom is -0.438 e. The Hall–Kier alpha value is -2.13. The van der Waals surface area contributed by atoms with E-state index in [9.17, 15) is 5.11 Å². The molecule has 0 aliphatic rings. The lowest BCUT2D eigenvalue weighted by molar-refractivity contribution is 0.274. The number of allylic oxidation sites excluding steroid dienone is 1. The van der Waals surface area contributed by atoms with Crippen molar-refractivity contribution in [3.05, 3.63) is 58.8 Å². The van der Waals surface area contributed by atoms with Gasteiger partial charge in [0.15, 0.2) is 0 Å². The molecule has 20 heavy (non-hydrogen) atoms. The van der Waals surface area contributed by atoms with E-state index in [1.165, 1.54) is 0 Å². The van der Waals surface area contributed by atoms with E-state index >= 15 is 0 Å². The molecule has 0 atom stereocenters. The molecule has 2 aromatic rings. The Balaban J connectivity index is 2.45. The van der Waals surface area contributed by atoms with Crippen LogP contribution in [-0.4, -0.2) is 10.1 Å². The quantitative estimate of drug-likeness (QED) is 0.911. The Morgan fingerprint density at radius 2 is 2.00 bits per heavy atom. The fourth-order valence-electron chi connectivity index (χ4n) is 2.10. The maximum atomic E-state index is 9.51. The predicted molar refractivity (Wildman–Crippen MR) is 80.9 cm³/mol. The topological polar surface area (TPSA) is 42.4 Å².